The van der Waals surface area contributed by atoms with E-state index >= 15 is 0 Å². The largest absolute Gasteiger partial charge is 0.492 e. The minimum absolute atomic E-state index is 0.0305. The van der Waals surface area contributed by atoms with E-state index < -0.39 is 0 Å². The fraction of sp³-hybridized carbons (Fsp3) is 0.154. The molecule has 5 nitrogen and oxygen atoms in total. The quantitative estimate of drug-likeness (QED) is 0.798. The number of rotatable bonds is 3. The van der Waals surface area contributed by atoms with Crippen LogP contribution in [-0.2, 0) is 6.42 Å². The van der Waals surface area contributed by atoms with E-state index in [-0.39, 0.29) is 17.4 Å². The molecule has 0 fully saturated rings. The van der Waals surface area contributed by atoms with E-state index in [1.165, 1.54) is 13.1 Å². The molecule has 1 aromatic carbocycles. The van der Waals surface area contributed by atoms with Crippen LogP contribution in [-0.4, -0.2) is 20.9 Å². The van der Waals surface area contributed by atoms with Crippen molar-refractivity contribution < 1.29 is 9.90 Å². The normalized spacial score (nSPS) is 10.3. The van der Waals surface area contributed by atoms with Gasteiger partial charge in [-0.05, 0) is 12.5 Å². The van der Waals surface area contributed by atoms with Crippen LogP contribution in [0.5, 0.6) is 5.88 Å². The standard InChI is InChI=1S/C13H13N3O2/c1-8(17)10-4-2-9(3-5-10)6-12-15-7-11(14)13(18)16-12/h2-5,7H,6,14H2,1H3,(H,15,16,18). The summed E-state index contributed by atoms with van der Waals surface area (Å²) in [6, 6.07) is 7.20. The van der Waals surface area contributed by atoms with Crippen molar-refractivity contribution in [2.24, 2.45) is 0 Å². The summed E-state index contributed by atoms with van der Waals surface area (Å²) in [6.07, 6.45) is 1.85. The molecule has 0 amide bonds. The molecule has 1 aromatic heterocycles. The minimum Gasteiger partial charge on any atom is -0.492 e. The number of nitrogens with two attached hydrogens (primary N) is 1. The predicted octanol–water partition coefficient (Wildman–Crippen LogP) is 1.56. The number of benzene rings is 1. The van der Waals surface area contributed by atoms with Gasteiger partial charge in [0.2, 0.25) is 5.88 Å². The van der Waals surface area contributed by atoms with Crippen LogP contribution >= 0.6 is 0 Å². The van der Waals surface area contributed by atoms with Crippen LogP contribution in [0.2, 0.25) is 0 Å². The molecule has 0 aliphatic heterocycles. The Labute approximate surface area is 104 Å². The van der Waals surface area contributed by atoms with Crippen molar-refractivity contribution in [2.75, 3.05) is 5.73 Å². The van der Waals surface area contributed by atoms with Crippen molar-refractivity contribution in [2.45, 2.75) is 13.3 Å². The molecule has 2 aromatic rings. The number of nitrogen functional groups attached to an aromatic ring is 1. The van der Waals surface area contributed by atoms with Gasteiger partial charge in [-0.3, -0.25) is 4.79 Å². The number of carbonyl (C=O) groups excluding carboxylic acids is 1. The van der Waals surface area contributed by atoms with E-state index in [9.17, 15) is 9.90 Å². The molecule has 92 valence electrons. The zero-order valence-electron chi connectivity index (χ0n) is 9.92. The van der Waals surface area contributed by atoms with Crippen molar-refractivity contribution in [3.63, 3.8) is 0 Å². The summed E-state index contributed by atoms with van der Waals surface area (Å²) in [5.74, 6) is 0.306. The zero-order valence-corrected chi connectivity index (χ0v) is 9.92. The number of hydrogen-bond donors (Lipinski definition) is 2. The topological polar surface area (TPSA) is 89.1 Å². The first-order valence-electron chi connectivity index (χ1n) is 5.46. The maximum absolute atomic E-state index is 11.1. The second kappa shape index (κ2) is 4.83. The molecular formula is C13H13N3O2. The number of hydrogen-bond acceptors (Lipinski definition) is 5. The minimum atomic E-state index is -0.208. The van der Waals surface area contributed by atoms with Gasteiger partial charge >= 0.3 is 0 Å². The van der Waals surface area contributed by atoms with Crippen molar-refractivity contribution in [3.05, 3.63) is 47.4 Å². The van der Waals surface area contributed by atoms with Crippen molar-refractivity contribution in [1.29, 1.82) is 0 Å². The fourth-order valence-corrected chi connectivity index (χ4v) is 1.54. The van der Waals surface area contributed by atoms with Gasteiger partial charge in [-0.25, -0.2) is 4.98 Å². The molecule has 0 spiro atoms. The maximum atomic E-state index is 11.1. The number of ketones is 1. The van der Waals surface area contributed by atoms with Gasteiger partial charge in [-0.1, -0.05) is 24.3 Å². The Balaban J connectivity index is 2.18. The van der Waals surface area contributed by atoms with E-state index in [0.717, 1.165) is 5.56 Å². The van der Waals surface area contributed by atoms with Gasteiger partial charge in [0.15, 0.2) is 5.78 Å². The second-order valence-electron chi connectivity index (χ2n) is 4.00. The zero-order chi connectivity index (χ0) is 13.1. The first-order chi connectivity index (χ1) is 8.56. The Morgan fingerprint density at radius 3 is 2.56 bits per heavy atom. The summed E-state index contributed by atoms with van der Waals surface area (Å²) in [4.78, 5) is 19.0. The molecule has 0 atom stereocenters. The van der Waals surface area contributed by atoms with Crippen LogP contribution in [0, 0.1) is 0 Å². The van der Waals surface area contributed by atoms with Crippen LogP contribution in [0.1, 0.15) is 28.7 Å². The molecule has 5 heteroatoms. The molecule has 0 unspecified atom stereocenters. The highest BCUT2D eigenvalue weighted by Gasteiger charge is 2.05. The lowest BCUT2D eigenvalue weighted by atomic mass is 10.1. The van der Waals surface area contributed by atoms with E-state index in [1.54, 1.807) is 12.1 Å². The van der Waals surface area contributed by atoms with Crippen LogP contribution in [0.3, 0.4) is 0 Å². The molecule has 1 heterocycles. The Kier molecular flexibility index (Phi) is 3.23. The molecular weight excluding hydrogens is 230 g/mol. The van der Waals surface area contributed by atoms with Gasteiger partial charge in [0.1, 0.15) is 11.5 Å². The summed E-state index contributed by atoms with van der Waals surface area (Å²) in [7, 11) is 0. The third-order valence-electron chi connectivity index (χ3n) is 2.57. The number of carbonyl (C=O) groups is 1. The summed E-state index contributed by atoms with van der Waals surface area (Å²) >= 11 is 0. The highest BCUT2D eigenvalue weighted by atomic mass is 16.3. The van der Waals surface area contributed by atoms with Crippen molar-refractivity contribution >= 4 is 11.5 Å². The smallest absolute Gasteiger partial charge is 0.238 e. The monoisotopic (exact) mass is 243 g/mol. The molecule has 0 saturated carbocycles. The lowest BCUT2D eigenvalue weighted by Gasteiger charge is -2.03. The van der Waals surface area contributed by atoms with E-state index in [0.29, 0.717) is 17.8 Å². The van der Waals surface area contributed by atoms with Crippen molar-refractivity contribution in [1.82, 2.24) is 9.97 Å². The third-order valence-corrected chi connectivity index (χ3v) is 2.57. The molecule has 0 saturated heterocycles. The maximum Gasteiger partial charge on any atom is 0.238 e. The SMILES string of the molecule is CC(=O)c1ccc(Cc2ncc(N)c(O)n2)cc1. The molecule has 3 N–H and O–H groups in total. The number of anilines is 1. The summed E-state index contributed by atoms with van der Waals surface area (Å²) in [5.41, 5.74) is 7.21. The van der Waals surface area contributed by atoms with Crippen LogP contribution in [0.25, 0.3) is 0 Å². The Morgan fingerprint density at radius 2 is 2.00 bits per heavy atom. The molecule has 0 bridgehead atoms. The average Bonchev–Trinajstić information content (AvgIpc) is 2.34. The second-order valence-corrected chi connectivity index (χ2v) is 4.00. The predicted molar refractivity (Wildman–Crippen MR) is 67.4 cm³/mol. The average molecular weight is 243 g/mol. The van der Waals surface area contributed by atoms with Gasteiger partial charge in [-0.15, -0.1) is 0 Å². The fourth-order valence-electron chi connectivity index (χ4n) is 1.54. The Bertz CT molecular complexity index is 579. The lowest BCUT2D eigenvalue weighted by molar-refractivity contribution is 0.101. The number of nitrogens with zero attached hydrogens (tertiary/aromatic N) is 2. The van der Waals surface area contributed by atoms with Crippen LogP contribution in [0.4, 0.5) is 5.69 Å². The van der Waals surface area contributed by atoms with Gasteiger partial charge < -0.3 is 10.8 Å². The number of Topliss-reactive ketones (excluding diaryl/α,β-unsaturated/α-hetero) is 1. The molecule has 2 rings (SSSR count). The highest BCUT2D eigenvalue weighted by Crippen LogP contribution is 2.16. The van der Waals surface area contributed by atoms with Crippen LogP contribution < -0.4 is 5.73 Å². The number of aromatic hydroxyl groups is 1. The van der Waals surface area contributed by atoms with Gasteiger partial charge in [0, 0.05) is 12.0 Å². The van der Waals surface area contributed by atoms with E-state index in [4.69, 9.17) is 5.73 Å². The third kappa shape index (κ3) is 2.63. The first-order valence-corrected chi connectivity index (χ1v) is 5.46. The van der Waals surface area contributed by atoms with E-state index in [2.05, 4.69) is 9.97 Å². The highest BCUT2D eigenvalue weighted by molar-refractivity contribution is 5.94. The molecule has 0 aliphatic carbocycles. The van der Waals surface area contributed by atoms with E-state index in [1.807, 2.05) is 12.1 Å². The first kappa shape index (κ1) is 12.0. The molecule has 0 aliphatic rings. The van der Waals surface area contributed by atoms with Crippen molar-refractivity contribution in [3.8, 4) is 5.88 Å². The van der Waals surface area contributed by atoms with Gasteiger partial charge in [0.05, 0.1) is 6.20 Å². The Hall–Kier alpha value is -2.43. The number of aromatic nitrogens is 2. The lowest BCUT2D eigenvalue weighted by Crippen LogP contribution is -1.99. The summed E-state index contributed by atoms with van der Waals surface area (Å²) < 4.78 is 0. The van der Waals surface area contributed by atoms with Gasteiger partial charge in [-0.2, -0.15) is 4.98 Å². The summed E-state index contributed by atoms with van der Waals surface area (Å²) in [6.45, 7) is 1.52. The van der Waals surface area contributed by atoms with Crippen LogP contribution in [0.15, 0.2) is 30.5 Å². The Morgan fingerprint density at radius 1 is 1.33 bits per heavy atom. The summed E-state index contributed by atoms with van der Waals surface area (Å²) in [5, 5.41) is 9.37. The molecule has 0 radical (unpaired) electrons. The van der Waals surface area contributed by atoms with Gasteiger partial charge in [0.25, 0.3) is 0 Å². The molecule has 18 heavy (non-hydrogen) atoms.